The van der Waals surface area contributed by atoms with E-state index in [1.165, 1.54) is 11.1 Å². The van der Waals surface area contributed by atoms with Crippen LogP contribution in [0.3, 0.4) is 0 Å². The molecule has 1 N–H and O–H groups in total. The number of para-hydroxylation sites is 2. The molecule has 1 aliphatic heterocycles. The van der Waals surface area contributed by atoms with E-state index in [-0.39, 0.29) is 18.0 Å². The summed E-state index contributed by atoms with van der Waals surface area (Å²) in [5.41, 5.74) is 4.54. The number of anilines is 2. The van der Waals surface area contributed by atoms with Gasteiger partial charge in [0.05, 0.1) is 6.04 Å². The fourth-order valence-corrected chi connectivity index (χ4v) is 4.08. The van der Waals surface area contributed by atoms with Crippen LogP contribution in [0.1, 0.15) is 36.9 Å². The summed E-state index contributed by atoms with van der Waals surface area (Å²) in [6, 6.07) is 29.2. The standard InChI is InChI=1S/C25H26N2O/c1-19-18-23(26-21-12-6-3-7-13-21)22-14-8-9-15-24(22)27(19)25(28)17-16-20-10-4-2-5-11-20/h2-15,19,23,26H,16-18H2,1H3/t19-,23+/m1/s1. The lowest BCUT2D eigenvalue weighted by atomic mass is 9.91. The van der Waals surface area contributed by atoms with Crippen LogP contribution >= 0.6 is 0 Å². The Morgan fingerprint density at radius 2 is 1.57 bits per heavy atom. The van der Waals surface area contributed by atoms with E-state index in [9.17, 15) is 4.79 Å². The van der Waals surface area contributed by atoms with Crippen molar-refractivity contribution in [2.45, 2.75) is 38.3 Å². The van der Waals surface area contributed by atoms with Gasteiger partial charge in [0.2, 0.25) is 5.91 Å². The van der Waals surface area contributed by atoms with Gasteiger partial charge in [-0.2, -0.15) is 0 Å². The van der Waals surface area contributed by atoms with Crippen LogP contribution in [0.4, 0.5) is 11.4 Å². The van der Waals surface area contributed by atoms with Gasteiger partial charge < -0.3 is 10.2 Å². The Morgan fingerprint density at radius 1 is 0.929 bits per heavy atom. The third-order valence-corrected chi connectivity index (χ3v) is 5.44. The first-order valence-corrected chi connectivity index (χ1v) is 9.99. The number of nitrogens with one attached hydrogen (secondary N) is 1. The van der Waals surface area contributed by atoms with E-state index in [0.717, 1.165) is 24.2 Å². The quantitative estimate of drug-likeness (QED) is 0.634. The molecule has 2 atom stereocenters. The van der Waals surface area contributed by atoms with Gasteiger partial charge in [0, 0.05) is 23.8 Å². The average Bonchev–Trinajstić information content (AvgIpc) is 2.74. The Morgan fingerprint density at radius 3 is 2.32 bits per heavy atom. The second-order valence-corrected chi connectivity index (χ2v) is 7.46. The zero-order chi connectivity index (χ0) is 19.3. The van der Waals surface area contributed by atoms with Crippen molar-refractivity contribution in [1.29, 1.82) is 0 Å². The van der Waals surface area contributed by atoms with Crippen molar-refractivity contribution in [2.75, 3.05) is 10.2 Å². The summed E-state index contributed by atoms with van der Waals surface area (Å²) in [6.45, 7) is 2.15. The Labute approximate surface area is 167 Å². The highest BCUT2D eigenvalue weighted by Gasteiger charge is 2.33. The molecule has 0 bridgehead atoms. The topological polar surface area (TPSA) is 32.3 Å². The molecule has 1 amide bonds. The summed E-state index contributed by atoms with van der Waals surface area (Å²) in [4.78, 5) is 15.1. The first kappa shape index (κ1) is 18.3. The van der Waals surface area contributed by atoms with Crippen LogP contribution in [-0.2, 0) is 11.2 Å². The van der Waals surface area contributed by atoms with Gasteiger partial charge in [0.1, 0.15) is 0 Å². The smallest absolute Gasteiger partial charge is 0.227 e. The number of carbonyl (C=O) groups excluding carboxylic acids is 1. The molecule has 3 nitrogen and oxygen atoms in total. The Hall–Kier alpha value is -3.07. The van der Waals surface area contributed by atoms with Crippen molar-refractivity contribution in [3.63, 3.8) is 0 Å². The Bertz CT molecular complexity index is 924. The molecule has 0 radical (unpaired) electrons. The van der Waals surface area contributed by atoms with E-state index in [4.69, 9.17) is 0 Å². The Kier molecular flexibility index (Phi) is 5.43. The minimum absolute atomic E-state index is 0.152. The van der Waals surface area contributed by atoms with Crippen LogP contribution in [-0.4, -0.2) is 11.9 Å². The van der Waals surface area contributed by atoms with Crippen LogP contribution in [0.5, 0.6) is 0 Å². The van der Waals surface area contributed by atoms with Gasteiger partial charge in [-0.1, -0.05) is 66.7 Å². The third kappa shape index (κ3) is 3.94. The molecule has 1 aliphatic rings. The molecule has 0 aromatic heterocycles. The van der Waals surface area contributed by atoms with Gasteiger partial charge in [0.15, 0.2) is 0 Å². The number of aryl methyl sites for hydroxylation is 1. The van der Waals surface area contributed by atoms with Gasteiger partial charge >= 0.3 is 0 Å². The molecule has 28 heavy (non-hydrogen) atoms. The summed E-state index contributed by atoms with van der Waals surface area (Å²) < 4.78 is 0. The number of carbonyl (C=O) groups is 1. The fourth-order valence-electron chi connectivity index (χ4n) is 4.08. The van der Waals surface area contributed by atoms with E-state index in [0.29, 0.717) is 6.42 Å². The maximum absolute atomic E-state index is 13.1. The lowest BCUT2D eigenvalue weighted by Gasteiger charge is -2.40. The number of amides is 1. The summed E-state index contributed by atoms with van der Waals surface area (Å²) >= 11 is 0. The van der Waals surface area contributed by atoms with Gasteiger partial charge in [-0.15, -0.1) is 0 Å². The van der Waals surface area contributed by atoms with Crippen molar-refractivity contribution in [3.8, 4) is 0 Å². The minimum atomic E-state index is 0.152. The van der Waals surface area contributed by atoms with E-state index in [1.54, 1.807) is 0 Å². The highest BCUT2D eigenvalue weighted by molar-refractivity contribution is 5.95. The van der Waals surface area contributed by atoms with Gasteiger partial charge in [0.25, 0.3) is 0 Å². The fraction of sp³-hybridized carbons (Fsp3) is 0.240. The summed E-state index contributed by atoms with van der Waals surface area (Å²) in [6.07, 6.45) is 2.19. The summed E-state index contributed by atoms with van der Waals surface area (Å²) in [7, 11) is 0. The second kappa shape index (κ2) is 8.30. The van der Waals surface area contributed by atoms with Crippen molar-refractivity contribution in [1.82, 2.24) is 0 Å². The molecule has 1 heterocycles. The van der Waals surface area contributed by atoms with Crippen molar-refractivity contribution < 1.29 is 4.79 Å². The van der Waals surface area contributed by atoms with Crippen LogP contribution in [0.15, 0.2) is 84.9 Å². The largest absolute Gasteiger partial charge is 0.378 e. The lowest BCUT2D eigenvalue weighted by Crippen LogP contribution is -2.44. The van der Waals surface area contributed by atoms with Crippen LogP contribution in [0.2, 0.25) is 0 Å². The molecular formula is C25H26N2O. The van der Waals surface area contributed by atoms with E-state index < -0.39 is 0 Å². The molecule has 0 unspecified atom stereocenters. The summed E-state index contributed by atoms with van der Waals surface area (Å²) in [5, 5.41) is 3.65. The first-order chi connectivity index (χ1) is 13.7. The number of hydrogen-bond acceptors (Lipinski definition) is 2. The normalized spacial score (nSPS) is 18.4. The molecule has 0 saturated carbocycles. The van der Waals surface area contributed by atoms with Crippen LogP contribution in [0, 0.1) is 0 Å². The van der Waals surface area contributed by atoms with Crippen molar-refractivity contribution in [3.05, 3.63) is 96.1 Å². The number of nitrogens with zero attached hydrogens (tertiary/aromatic N) is 1. The third-order valence-electron chi connectivity index (χ3n) is 5.44. The number of benzene rings is 3. The zero-order valence-corrected chi connectivity index (χ0v) is 16.2. The molecule has 3 aromatic rings. The first-order valence-electron chi connectivity index (χ1n) is 9.99. The molecule has 3 heteroatoms. The van der Waals surface area contributed by atoms with Gasteiger partial charge in [-0.05, 0) is 49.1 Å². The molecule has 0 saturated heterocycles. The van der Waals surface area contributed by atoms with E-state index >= 15 is 0 Å². The predicted molar refractivity (Wildman–Crippen MR) is 116 cm³/mol. The maximum Gasteiger partial charge on any atom is 0.227 e. The molecule has 0 fully saturated rings. The molecule has 0 spiro atoms. The predicted octanol–water partition coefficient (Wildman–Crippen LogP) is 5.60. The monoisotopic (exact) mass is 370 g/mol. The molecule has 4 rings (SSSR count). The van der Waals surface area contributed by atoms with Gasteiger partial charge in [-0.3, -0.25) is 4.79 Å². The number of hydrogen-bond donors (Lipinski definition) is 1. The van der Waals surface area contributed by atoms with E-state index in [1.807, 2.05) is 47.4 Å². The number of fused-ring (bicyclic) bond motifs is 1. The highest BCUT2D eigenvalue weighted by Crippen LogP contribution is 2.39. The number of rotatable bonds is 5. The summed E-state index contributed by atoms with van der Waals surface area (Å²) in [5.74, 6) is 0.196. The molecule has 0 aliphatic carbocycles. The van der Waals surface area contributed by atoms with Gasteiger partial charge in [-0.25, -0.2) is 0 Å². The lowest BCUT2D eigenvalue weighted by molar-refractivity contribution is -0.119. The molecule has 3 aromatic carbocycles. The maximum atomic E-state index is 13.1. The highest BCUT2D eigenvalue weighted by atomic mass is 16.2. The molecule has 142 valence electrons. The average molecular weight is 370 g/mol. The minimum Gasteiger partial charge on any atom is -0.378 e. The second-order valence-electron chi connectivity index (χ2n) is 7.46. The van der Waals surface area contributed by atoms with Crippen molar-refractivity contribution in [2.24, 2.45) is 0 Å². The van der Waals surface area contributed by atoms with Crippen molar-refractivity contribution >= 4 is 17.3 Å². The van der Waals surface area contributed by atoms with Crippen LogP contribution in [0.25, 0.3) is 0 Å². The van der Waals surface area contributed by atoms with Crippen LogP contribution < -0.4 is 10.2 Å². The van der Waals surface area contributed by atoms with E-state index in [2.05, 4.69) is 54.7 Å². The molecular weight excluding hydrogens is 344 g/mol. The zero-order valence-electron chi connectivity index (χ0n) is 16.2. The Balaban J connectivity index is 1.54. The SMILES string of the molecule is C[C@@H]1C[C@H](Nc2ccccc2)c2ccccc2N1C(=O)CCc1ccccc1.